The molecule has 0 amide bonds. The van der Waals surface area contributed by atoms with E-state index >= 15 is 0 Å². The molecule has 0 aromatic heterocycles. The number of hydrogen-bond donors (Lipinski definition) is 1. The molecule has 0 aliphatic heterocycles. The number of nitrogens with zero attached hydrogens (tertiary/aromatic N) is 2. The predicted molar refractivity (Wildman–Crippen MR) is 74.7 cm³/mol. The minimum Gasteiger partial charge on any atom is -0.370 e. The molecule has 94 valence electrons. The fourth-order valence-electron chi connectivity index (χ4n) is 1.46. The van der Waals surface area contributed by atoms with Crippen LogP contribution in [-0.2, 0) is 6.54 Å². The first kappa shape index (κ1) is 14.1. The highest BCUT2D eigenvalue weighted by atomic mass is 35.5. The van der Waals surface area contributed by atoms with Crippen molar-refractivity contribution in [2.24, 2.45) is 10.7 Å². The van der Waals surface area contributed by atoms with E-state index in [0.717, 1.165) is 18.7 Å². The minimum absolute atomic E-state index is 0.471. The van der Waals surface area contributed by atoms with Crippen molar-refractivity contribution in [2.75, 3.05) is 13.1 Å². The Morgan fingerprint density at radius 2 is 1.94 bits per heavy atom. The molecule has 3 nitrogen and oxygen atoms in total. The van der Waals surface area contributed by atoms with Gasteiger partial charge in [0, 0.05) is 23.1 Å². The average molecular weight is 274 g/mol. The molecule has 0 bridgehead atoms. The summed E-state index contributed by atoms with van der Waals surface area (Å²) < 4.78 is 0. The number of hydrogen-bond acceptors (Lipinski definition) is 1. The van der Waals surface area contributed by atoms with E-state index < -0.39 is 0 Å². The number of rotatable bonds is 4. The summed E-state index contributed by atoms with van der Waals surface area (Å²) in [5.41, 5.74) is 6.80. The van der Waals surface area contributed by atoms with Crippen molar-refractivity contribution in [2.45, 2.75) is 20.4 Å². The number of guanidine groups is 1. The van der Waals surface area contributed by atoms with E-state index in [1.165, 1.54) is 0 Å². The molecule has 1 aromatic rings. The Morgan fingerprint density at radius 1 is 1.29 bits per heavy atom. The summed E-state index contributed by atoms with van der Waals surface area (Å²) in [6.07, 6.45) is 0. The van der Waals surface area contributed by atoms with Gasteiger partial charge in [0.2, 0.25) is 0 Å². The van der Waals surface area contributed by atoms with Crippen LogP contribution in [0.1, 0.15) is 19.4 Å². The van der Waals surface area contributed by atoms with Crippen LogP contribution < -0.4 is 5.73 Å². The fourth-order valence-corrected chi connectivity index (χ4v) is 1.93. The van der Waals surface area contributed by atoms with Gasteiger partial charge in [0.05, 0.1) is 6.54 Å². The highest BCUT2D eigenvalue weighted by Crippen LogP contribution is 2.21. The summed E-state index contributed by atoms with van der Waals surface area (Å²) in [5, 5.41) is 1.24. The van der Waals surface area contributed by atoms with E-state index in [1.807, 2.05) is 24.8 Å². The molecule has 0 atom stereocenters. The molecule has 1 aromatic carbocycles. The molecule has 0 spiro atoms. The first-order valence-corrected chi connectivity index (χ1v) is 6.32. The Labute approximate surface area is 112 Å². The van der Waals surface area contributed by atoms with Gasteiger partial charge in [0.15, 0.2) is 5.96 Å². The zero-order valence-electron chi connectivity index (χ0n) is 10.1. The lowest BCUT2D eigenvalue weighted by molar-refractivity contribution is 0.458. The van der Waals surface area contributed by atoms with E-state index in [0.29, 0.717) is 22.5 Å². The van der Waals surface area contributed by atoms with Crippen LogP contribution >= 0.6 is 23.2 Å². The number of aliphatic imine (C=N–C) groups is 1. The first-order valence-electron chi connectivity index (χ1n) is 5.57. The van der Waals surface area contributed by atoms with Crippen molar-refractivity contribution in [3.63, 3.8) is 0 Å². The van der Waals surface area contributed by atoms with Crippen molar-refractivity contribution in [1.82, 2.24) is 4.90 Å². The number of benzene rings is 1. The first-order chi connectivity index (χ1) is 8.08. The monoisotopic (exact) mass is 273 g/mol. The molecule has 0 unspecified atom stereocenters. The summed E-state index contributed by atoms with van der Waals surface area (Å²) in [4.78, 5) is 6.31. The summed E-state index contributed by atoms with van der Waals surface area (Å²) >= 11 is 11.9. The Hall–Kier alpha value is -0.930. The molecule has 0 saturated carbocycles. The maximum Gasteiger partial charge on any atom is 0.191 e. The standard InChI is InChI=1S/C12H17Cl2N3/c1-3-17(4-2)12(15)16-8-9-5-6-10(13)7-11(9)14/h5-7H,3-4,8H2,1-2H3,(H2,15,16). The quantitative estimate of drug-likeness (QED) is 0.677. The van der Waals surface area contributed by atoms with Crippen LogP contribution in [0.3, 0.4) is 0 Å². The molecular formula is C12H17Cl2N3. The number of halogens is 2. The van der Waals surface area contributed by atoms with Crippen LogP contribution in [0.25, 0.3) is 0 Å². The highest BCUT2D eigenvalue weighted by Gasteiger charge is 2.04. The van der Waals surface area contributed by atoms with Crippen LogP contribution in [0.5, 0.6) is 0 Å². The van der Waals surface area contributed by atoms with Crippen molar-refractivity contribution in [3.8, 4) is 0 Å². The molecule has 0 heterocycles. The third-order valence-electron chi connectivity index (χ3n) is 2.51. The van der Waals surface area contributed by atoms with Gasteiger partial charge in [-0.05, 0) is 31.5 Å². The van der Waals surface area contributed by atoms with E-state index in [2.05, 4.69) is 4.99 Å². The second kappa shape index (κ2) is 6.72. The fraction of sp³-hybridized carbons (Fsp3) is 0.417. The van der Waals surface area contributed by atoms with Crippen molar-refractivity contribution in [3.05, 3.63) is 33.8 Å². The molecule has 2 N–H and O–H groups in total. The van der Waals surface area contributed by atoms with Crippen LogP contribution in [-0.4, -0.2) is 23.9 Å². The van der Waals surface area contributed by atoms with Gasteiger partial charge in [-0.1, -0.05) is 29.3 Å². The largest absolute Gasteiger partial charge is 0.370 e. The number of nitrogens with two attached hydrogens (primary N) is 1. The van der Waals surface area contributed by atoms with E-state index in [-0.39, 0.29) is 0 Å². The molecule has 0 fully saturated rings. The third-order valence-corrected chi connectivity index (χ3v) is 3.10. The molecule has 5 heteroatoms. The van der Waals surface area contributed by atoms with Gasteiger partial charge in [-0.2, -0.15) is 0 Å². The average Bonchev–Trinajstić information content (AvgIpc) is 2.29. The Morgan fingerprint density at radius 3 is 2.47 bits per heavy atom. The van der Waals surface area contributed by atoms with Crippen LogP contribution in [0, 0.1) is 0 Å². The van der Waals surface area contributed by atoms with Gasteiger partial charge >= 0.3 is 0 Å². The normalized spacial score (nSPS) is 11.6. The smallest absolute Gasteiger partial charge is 0.191 e. The van der Waals surface area contributed by atoms with Crippen LogP contribution in [0.2, 0.25) is 10.0 Å². The van der Waals surface area contributed by atoms with Crippen molar-refractivity contribution < 1.29 is 0 Å². The van der Waals surface area contributed by atoms with Crippen LogP contribution in [0.4, 0.5) is 0 Å². The summed E-state index contributed by atoms with van der Waals surface area (Å²) in [6, 6.07) is 5.37. The van der Waals surface area contributed by atoms with E-state index in [1.54, 1.807) is 12.1 Å². The van der Waals surface area contributed by atoms with Crippen molar-refractivity contribution >= 4 is 29.2 Å². The second-order valence-corrected chi connectivity index (χ2v) is 4.43. The molecular weight excluding hydrogens is 257 g/mol. The minimum atomic E-state index is 0.471. The summed E-state index contributed by atoms with van der Waals surface area (Å²) in [7, 11) is 0. The Kier molecular flexibility index (Phi) is 5.59. The molecule has 1 rings (SSSR count). The maximum absolute atomic E-state index is 6.05. The maximum atomic E-state index is 6.05. The summed E-state index contributed by atoms with van der Waals surface area (Å²) in [5.74, 6) is 0.543. The van der Waals surface area contributed by atoms with Gasteiger partial charge in [0.25, 0.3) is 0 Å². The lowest BCUT2D eigenvalue weighted by Crippen LogP contribution is -2.37. The molecule has 0 saturated heterocycles. The molecule has 17 heavy (non-hydrogen) atoms. The van der Waals surface area contributed by atoms with E-state index in [9.17, 15) is 0 Å². The lowest BCUT2D eigenvalue weighted by atomic mass is 10.2. The molecule has 0 aliphatic carbocycles. The van der Waals surface area contributed by atoms with Gasteiger partial charge in [-0.15, -0.1) is 0 Å². The molecule has 0 aliphatic rings. The second-order valence-electron chi connectivity index (χ2n) is 3.58. The van der Waals surface area contributed by atoms with Gasteiger partial charge < -0.3 is 10.6 Å². The van der Waals surface area contributed by atoms with Crippen molar-refractivity contribution in [1.29, 1.82) is 0 Å². The SMILES string of the molecule is CCN(CC)C(N)=NCc1ccc(Cl)cc1Cl. The zero-order chi connectivity index (χ0) is 12.8. The Balaban J connectivity index is 2.75. The summed E-state index contributed by atoms with van der Waals surface area (Å²) in [6.45, 7) is 6.25. The lowest BCUT2D eigenvalue weighted by Gasteiger charge is -2.19. The van der Waals surface area contributed by atoms with Gasteiger partial charge in [-0.3, -0.25) is 0 Å². The van der Waals surface area contributed by atoms with Gasteiger partial charge in [-0.25, -0.2) is 4.99 Å². The Bertz CT molecular complexity index is 401. The van der Waals surface area contributed by atoms with Gasteiger partial charge in [0.1, 0.15) is 0 Å². The predicted octanol–water partition coefficient (Wildman–Crippen LogP) is 3.15. The zero-order valence-corrected chi connectivity index (χ0v) is 11.6. The van der Waals surface area contributed by atoms with Crippen LogP contribution in [0.15, 0.2) is 23.2 Å². The van der Waals surface area contributed by atoms with E-state index in [4.69, 9.17) is 28.9 Å². The third kappa shape index (κ3) is 4.10. The molecule has 0 radical (unpaired) electrons. The topological polar surface area (TPSA) is 41.6 Å². The highest BCUT2D eigenvalue weighted by molar-refractivity contribution is 6.35.